The van der Waals surface area contributed by atoms with Gasteiger partial charge in [-0.2, -0.15) is 0 Å². The SMILES string of the molecule is COC(=O)N[C@H](C(=O)NN(C)Cc1ccc(-c2ccccc2)cc1)C(C)(C)C. The first-order valence-corrected chi connectivity index (χ1v) is 9.21. The van der Waals surface area contributed by atoms with Crippen molar-refractivity contribution in [1.29, 1.82) is 0 Å². The molecule has 0 aliphatic carbocycles. The zero-order valence-corrected chi connectivity index (χ0v) is 17.2. The number of methoxy groups -OCH3 is 1. The molecule has 0 aliphatic heterocycles. The highest BCUT2D eigenvalue weighted by atomic mass is 16.5. The van der Waals surface area contributed by atoms with Crippen LogP contribution in [0.15, 0.2) is 54.6 Å². The molecule has 0 radical (unpaired) electrons. The summed E-state index contributed by atoms with van der Waals surface area (Å²) in [5.74, 6) is -0.290. The fourth-order valence-corrected chi connectivity index (χ4v) is 2.85. The smallest absolute Gasteiger partial charge is 0.407 e. The minimum Gasteiger partial charge on any atom is -0.453 e. The van der Waals surface area contributed by atoms with Crippen molar-refractivity contribution in [2.75, 3.05) is 14.2 Å². The Labute approximate surface area is 166 Å². The minimum atomic E-state index is -0.720. The van der Waals surface area contributed by atoms with Gasteiger partial charge >= 0.3 is 6.09 Å². The van der Waals surface area contributed by atoms with Crippen molar-refractivity contribution in [3.63, 3.8) is 0 Å². The van der Waals surface area contributed by atoms with Crippen LogP contribution in [-0.2, 0) is 16.1 Å². The van der Waals surface area contributed by atoms with Gasteiger partial charge in [-0.1, -0.05) is 75.4 Å². The number of amides is 2. The Balaban J connectivity index is 1.99. The van der Waals surface area contributed by atoms with Gasteiger partial charge < -0.3 is 10.1 Å². The Morgan fingerprint density at radius 2 is 1.57 bits per heavy atom. The van der Waals surface area contributed by atoms with Crippen molar-refractivity contribution < 1.29 is 14.3 Å². The molecule has 0 saturated heterocycles. The van der Waals surface area contributed by atoms with Crippen LogP contribution in [0.5, 0.6) is 0 Å². The van der Waals surface area contributed by atoms with Gasteiger partial charge in [0, 0.05) is 13.6 Å². The number of nitrogens with zero attached hydrogens (tertiary/aromatic N) is 1. The van der Waals surface area contributed by atoms with Crippen LogP contribution in [0, 0.1) is 5.41 Å². The fraction of sp³-hybridized carbons (Fsp3) is 0.364. The lowest BCUT2D eigenvalue weighted by atomic mass is 9.86. The monoisotopic (exact) mass is 383 g/mol. The average Bonchev–Trinajstić information content (AvgIpc) is 2.66. The van der Waals surface area contributed by atoms with Crippen molar-refractivity contribution in [3.8, 4) is 11.1 Å². The molecule has 2 amide bonds. The summed E-state index contributed by atoms with van der Waals surface area (Å²) in [6.07, 6.45) is -0.630. The van der Waals surface area contributed by atoms with Crippen LogP contribution in [0.3, 0.4) is 0 Å². The summed E-state index contributed by atoms with van der Waals surface area (Å²) in [6, 6.07) is 17.7. The summed E-state index contributed by atoms with van der Waals surface area (Å²) < 4.78 is 4.63. The first kappa shape index (κ1) is 21.4. The Morgan fingerprint density at radius 1 is 1.00 bits per heavy atom. The second-order valence-corrected chi connectivity index (χ2v) is 7.83. The van der Waals surface area contributed by atoms with E-state index in [1.54, 1.807) is 12.1 Å². The van der Waals surface area contributed by atoms with E-state index in [4.69, 9.17) is 0 Å². The topological polar surface area (TPSA) is 70.7 Å². The summed E-state index contributed by atoms with van der Waals surface area (Å²) >= 11 is 0. The van der Waals surface area contributed by atoms with Gasteiger partial charge in [-0.05, 0) is 22.1 Å². The van der Waals surface area contributed by atoms with E-state index in [-0.39, 0.29) is 5.91 Å². The van der Waals surface area contributed by atoms with Gasteiger partial charge in [-0.3, -0.25) is 10.2 Å². The standard InChI is InChI=1S/C22H29N3O3/c1-22(2,3)19(23-21(27)28-5)20(26)24-25(4)15-16-11-13-18(14-12-16)17-9-7-6-8-10-17/h6-14,19H,15H2,1-5H3,(H,23,27)(H,24,26)/t19-/m1/s1. The molecule has 6 heteroatoms. The predicted octanol–water partition coefficient (Wildman–Crippen LogP) is 3.59. The second kappa shape index (κ2) is 9.37. The molecule has 28 heavy (non-hydrogen) atoms. The number of hydrazine groups is 1. The number of hydrogen-bond acceptors (Lipinski definition) is 4. The van der Waals surface area contributed by atoms with Crippen LogP contribution >= 0.6 is 0 Å². The van der Waals surface area contributed by atoms with Crippen LogP contribution < -0.4 is 10.7 Å². The van der Waals surface area contributed by atoms with Crippen LogP contribution in [0.1, 0.15) is 26.3 Å². The lowest BCUT2D eigenvalue weighted by Gasteiger charge is -2.31. The number of carbonyl (C=O) groups is 2. The molecule has 6 nitrogen and oxygen atoms in total. The van der Waals surface area contributed by atoms with Crippen molar-refractivity contribution in [1.82, 2.24) is 15.8 Å². The van der Waals surface area contributed by atoms with E-state index in [0.29, 0.717) is 6.54 Å². The molecule has 0 unspecified atom stereocenters. The largest absolute Gasteiger partial charge is 0.453 e. The Hall–Kier alpha value is -2.86. The van der Waals surface area contributed by atoms with Crippen LogP contribution in [0.2, 0.25) is 0 Å². The summed E-state index contributed by atoms with van der Waals surface area (Å²) in [5.41, 5.74) is 5.75. The third kappa shape index (κ3) is 6.09. The van der Waals surface area contributed by atoms with E-state index in [9.17, 15) is 9.59 Å². The normalized spacial score (nSPS) is 12.4. The van der Waals surface area contributed by atoms with Crippen molar-refractivity contribution >= 4 is 12.0 Å². The zero-order chi connectivity index (χ0) is 20.7. The molecule has 2 rings (SSSR count). The van der Waals surface area contributed by atoms with E-state index < -0.39 is 17.6 Å². The van der Waals surface area contributed by atoms with Crippen molar-refractivity contribution in [2.24, 2.45) is 5.41 Å². The highest BCUT2D eigenvalue weighted by Crippen LogP contribution is 2.21. The van der Waals surface area contributed by atoms with E-state index in [1.807, 2.05) is 51.1 Å². The molecule has 0 bridgehead atoms. The predicted molar refractivity (Wildman–Crippen MR) is 110 cm³/mol. The molecule has 150 valence electrons. The Morgan fingerprint density at radius 3 is 2.11 bits per heavy atom. The number of alkyl carbamates (subject to hydrolysis) is 1. The molecule has 0 aliphatic rings. The number of nitrogens with one attached hydrogen (secondary N) is 2. The Bertz CT molecular complexity index is 783. The third-order valence-electron chi connectivity index (χ3n) is 4.36. The van der Waals surface area contributed by atoms with Gasteiger partial charge in [0.1, 0.15) is 6.04 Å². The second-order valence-electron chi connectivity index (χ2n) is 7.83. The number of hydrogen-bond donors (Lipinski definition) is 2. The van der Waals surface area contributed by atoms with Crippen molar-refractivity contribution in [2.45, 2.75) is 33.4 Å². The van der Waals surface area contributed by atoms with E-state index >= 15 is 0 Å². The summed E-state index contributed by atoms with van der Waals surface area (Å²) in [6.45, 7) is 6.19. The third-order valence-corrected chi connectivity index (χ3v) is 4.36. The summed E-state index contributed by atoms with van der Waals surface area (Å²) in [5, 5.41) is 4.31. The van der Waals surface area contributed by atoms with Gasteiger partial charge in [0.25, 0.3) is 5.91 Å². The molecule has 0 saturated carbocycles. The first-order chi connectivity index (χ1) is 13.2. The van der Waals surface area contributed by atoms with Crippen molar-refractivity contribution in [3.05, 3.63) is 60.2 Å². The molecular weight excluding hydrogens is 354 g/mol. The molecule has 2 aromatic carbocycles. The molecule has 2 aromatic rings. The quantitative estimate of drug-likeness (QED) is 0.748. The minimum absolute atomic E-state index is 0.290. The molecule has 0 spiro atoms. The maximum atomic E-state index is 12.7. The lowest BCUT2D eigenvalue weighted by molar-refractivity contribution is -0.130. The van der Waals surface area contributed by atoms with E-state index in [1.165, 1.54) is 7.11 Å². The Kier molecular flexibility index (Phi) is 7.18. The molecule has 2 N–H and O–H groups in total. The maximum Gasteiger partial charge on any atom is 0.407 e. The first-order valence-electron chi connectivity index (χ1n) is 9.21. The average molecular weight is 383 g/mol. The summed E-state index contributed by atoms with van der Waals surface area (Å²) in [4.78, 5) is 24.2. The molecule has 0 fully saturated rings. The number of carbonyl (C=O) groups excluding carboxylic acids is 2. The van der Waals surface area contributed by atoms with Crippen LogP contribution in [0.25, 0.3) is 11.1 Å². The molecule has 1 atom stereocenters. The van der Waals surface area contributed by atoms with Gasteiger partial charge in [0.15, 0.2) is 0 Å². The molecular formula is C22H29N3O3. The zero-order valence-electron chi connectivity index (χ0n) is 17.2. The van der Waals surface area contributed by atoms with Gasteiger partial charge in [0.05, 0.1) is 7.11 Å². The van der Waals surface area contributed by atoms with Crippen LogP contribution in [0.4, 0.5) is 4.79 Å². The number of rotatable bonds is 6. The van der Waals surface area contributed by atoms with E-state index in [0.717, 1.165) is 16.7 Å². The highest BCUT2D eigenvalue weighted by molar-refractivity contribution is 5.86. The highest BCUT2D eigenvalue weighted by Gasteiger charge is 2.33. The van der Waals surface area contributed by atoms with Crippen LogP contribution in [-0.4, -0.2) is 37.2 Å². The van der Waals surface area contributed by atoms with E-state index in [2.05, 4.69) is 39.7 Å². The molecule has 0 heterocycles. The fourth-order valence-electron chi connectivity index (χ4n) is 2.85. The van der Waals surface area contributed by atoms with Gasteiger partial charge in [-0.15, -0.1) is 0 Å². The lowest BCUT2D eigenvalue weighted by Crippen LogP contribution is -2.56. The van der Waals surface area contributed by atoms with Gasteiger partial charge in [-0.25, -0.2) is 9.80 Å². The molecule has 0 aromatic heterocycles. The maximum absolute atomic E-state index is 12.7. The summed E-state index contributed by atoms with van der Waals surface area (Å²) in [7, 11) is 3.07. The number of ether oxygens (including phenoxy) is 1. The number of benzene rings is 2. The van der Waals surface area contributed by atoms with Gasteiger partial charge in [0.2, 0.25) is 0 Å².